The van der Waals surface area contributed by atoms with E-state index in [0.29, 0.717) is 29.9 Å². The van der Waals surface area contributed by atoms with Gasteiger partial charge in [-0.3, -0.25) is 4.79 Å². The molecule has 1 atom stereocenters. The summed E-state index contributed by atoms with van der Waals surface area (Å²) >= 11 is 3.16. The average molecular weight is 301 g/mol. The fraction of sp³-hybridized carbons (Fsp3) is 0.364. The summed E-state index contributed by atoms with van der Waals surface area (Å²) in [6.07, 6.45) is 0. The normalized spacial score (nSPS) is 22.8. The lowest BCUT2D eigenvalue weighted by molar-refractivity contribution is -0.119. The van der Waals surface area contributed by atoms with Crippen molar-refractivity contribution in [2.45, 2.75) is 6.04 Å². The number of anilines is 2. The van der Waals surface area contributed by atoms with Crippen LogP contribution >= 0.6 is 15.9 Å². The standard InChI is InChI=1S/C11H10BrFN2O2/c12-6-3-9-8(4-7(6)13)14-11(16)10-5-17-2-1-15(9)10/h3-4,10H,1-2,5H2,(H,14,16)/t10-/m1/s1. The zero-order valence-corrected chi connectivity index (χ0v) is 10.5. The third-order valence-corrected chi connectivity index (χ3v) is 3.64. The number of ether oxygens (including phenoxy) is 1. The number of halogens is 2. The van der Waals surface area contributed by atoms with Gasteiger partial charge in [-0.1, -0.05) is 0 Å². The lowest BCUT2D eigenvalue weighted by atomic mass is 10.1. The van der Waals surface area contributed by atoms with Crippen LogP contribution in [-0.2, 0) is 9.53 Å². The molecule has 90 valence electrons. The van der Waals surface area contributed by atoms with Crippen molar-refractivity contribution in [3.05, 3.63) is 22.4 Å². The zero-order chi connectivity index (χ0) is 12.0. The van der Waals surface area contributed by atoms with E-state index in [2.05, 4.69) is 21.2 Å². The molecule has 1 amide bonds. The minimum absolute atomic E-state index is 0.140. The number of nitrogens with one attached hydrogen (secondary N) is 1. The lowest BCUT2D eigenvalue weighted by Crippen LogP contribution is -2.54. The first-order chi connectivity index (χ1) is 8.16. The Labute approximate surface area is 106 Å². The molecule has 17 heavy (non-hydrogen) atoms. The van der Waals surface area contributed by atoms with Crippen molar-refractivity contribution in [2.24, 2.45) is 0 Å². The van der Waals surface area contributed by atoms with E-state index in [9.17, 15) is 9.18 Å². The smallest absolute Gasteiger partial charge is 0.249 e. The van der Waals surface area contributed by atoms with E-state index in [1.165, 1.54) is 6.07 Å². The van der Waals surface area contributed by atoms with E-state index in [4.69, 9.17) is 4.74 Å². The van der Waals surface area contributed by atoms with Crippen molar-refractivity contribution in [1.82, 2.24) is 0 Å². The molecule has 2 aliphatic rings. The number of fused-ring (bicyclic) bond motifs is 3. The highest BCUT2D eigenvalue weighted by Gasteiger charge is 2.35. The second-order valence-electron chi connectivity index (χ2n) is 4.06. The summed E-state index contributed by atoms with van der Waals surface area (Å²) < 4.78 is 19.1. The Kier molecular flexibility index (Phi) is 2.56. The highest BCUT2D eigenvalue weighted by atomic mass is 79.9. The van der Waals surface area contributed by atoms with Gasteiger partial charge in [0.1, 0.15) is 11.9 Å². The largest absolute Gasteiger partial charge is 0.377 e. The van der Waals surface area contributed by atoms with Gasteiger partial charge in [0.15, 0.2) is 0 Å². The molecule has 6 heteroatoms. The maximum atomic E-state index is 13.4. The first kappa shape index (κ1) is 11.0. The summed E-state index contributed by atoms with van der Waals surface area (Å²) in [5.74, 6) is -0.519. The van der Waals surface area contributed by atoms with Crippen molar-refractivity contribution >= 4 is 33.2 Å². The molecule has 1 saturated heterocycles. The number of amides is 1. The highest BCUT2D eigenvalue weighted by Crippen LogP contribution is 2.36. The van der Waals surface area contributed by atoms with Crippen LogP contribution in [0.2, 0.25) is 0 Å². The summed E-state index contributed by atoms with van der Waals surface area (Å²) in [5.41, 5.74) is 1.36. The molecule has 0 aliphatic carbocycles. The van der Waals surface area contributed by atoms with Crippen LogP contribution in [0.5, 0.6) is 0 Å². The molecule has 1 N–H and O–H groups in total. The van der Waals surface area contributed by atoms with Gasteiger partial charge in [-0.05, 0) is 22.0 Å². The van der Waals surface area contributed by atoms with Crippen LogP contribution in [0.4, 0.5) is 15.8 Å². The molecular formula is C11H10BrFN2O2. The quantitative estimate of drug-likeness (QED) is 0.794. The van der Waals surface area contributed by atoms with Crippen LogP contribution in [0, 0.1) is 5.82 Å². The summed E-state index contributed by atoms with van der Waals surface area (Å²) in [7, 11) is 0. The molecule has 0 bridgehead atoms. The monoisotopic (exact) mass is 300 g/mol. The predicted molar refractivity (Wildman–Crippen MR) is 64.7 cm³/mol. The number of nitrogens with zero attached hydrogens (tertiary/aromatic N) is 1. The van der Waals surface area contributed by atoms with Crippen LogP contribution in [0.25, 0.3) is 0 Å². The maximum absolute atomic E-state index is 13.4. The highest BCUT2D eigenvalue weighted by molar-refractivity contribution is 9.10. The summed E-state index contributed by atoms with van der Waals surface area (Å²) in [6, 6.07) is 2.72. The van der Waals surface area contributed by atoms with E-state index in [1.54, 1.807) is 6.07 Å². The molecule has 0 spiro atoms. The molecule has 2 aliphatic heterocycles. The van der Waals surface area contributed by atoms with Crippen molar-refractivity contribution in [2.75, 3.05) is 30.0 Å². The molecule has 0 saturated carbocycles. The summed E-state index contributed by atoms with van der Waals surface area (Å²) in [4.78, 5) is 13.8. The Morgan fingerprint density at radius 2 is 2.35 bits per heavy atom. The average Bonchev–Trinajstić information content (AvgIpc) is 2.32. The molecule has 3 rings (SSSR count). The Hall–Kier alpha value is -1.14. The zero-order valence-electron chi connectivity index (χ0n) is 8.87. The van der Waals surface area contributed by atoms with E-state index >= 15 is 0 Å². The van der Waals surface area contributed by atoms with Gasteiger partial charge in [-0.2, -0.15) is 0 Å². The number of carbonyl (C=O) groups excluding carboxylic acids is 1. The van der Waals surface area contributed by atoms with Crippen molar-refractivity contribution in [3.63, 3.8) is 0 Å². The Morgan fingerprint density at radius 3 is 3.18 bits per heavy atom. The maximum Gasteiger partial charge on any atom is 0.249 e. The molecule has 1 aromatic rings. The second-order valence-corrected chi connectivity index (χ2v) is 4.91. The van der Waals surface area contributed by atoms with E-state index in [1.807, 2.05) is 4.90 Å². The predicted octanol–water partition coefficient (Wildman–Crippen LogP) is 1.75. The van der Waals surface area contributed by atoms with Crippen molar-refractivity contribution < 1.29 is 13.9 Å². The van der Waals surface area contributed by atoms with Crippen LogP contribution in [0.3, 0.4) is 0 Å². The number of rotatable bonds is 0. The van der Waals surface area contributed by atoms with E-state index in [-0.39, 0.29) is 17.8 Å². The van der Waals surface area contributed by atoms with Crippen molar-refractivity contribution in [3.8, 4) is 0 Å². The molecule has 0 radical (unpaired) electrons. The number of benzene rings is 1. The van der Waals surface area contributed by atoms with Crippen LogP contribution in [0.15, 0.2) is 16.6 Å². The topological polar surface area (TPSA) is 41.6 Å². The fourth-order valence-electron chi connectivity index (χ4n) is 2.20. The minimum Gasteiger partial charge on any atom is -0.377 e. The molecule has 0 aromatic heterocycles. The molecule has 2 heterocycles. The lowest BCUT2D eigenvalue weighted by Gasteiger charge is -2.40. The van der Waals surface area contributed by atoms with Gasteiger partial charge in [0.2, 0.25) is 5.91 Å². The summed E-state index contributed by atoms with van der Waals surface area (Å²) in [6.45, 7) is 1.60. The molecule has 1 aromatic carbocycles. The first-order valence-corrected chi connectivity index (χ1v) is 6.10. The molecule has 0 unspecified atom stereocenters. The second kappa shape index (κ2) is 3.96. The SMILES string of the molecule is O=C1Nc2cc(F)c(Br)cc2N2CCOC[C@H]12. The molecule has 4 nitrogen and oxygen atoms in total. The van der Waals surface area contributed by atoms with E-state index < -0.39 is 0 Å². The van der Waals surface area contributed by atoms with Crippen LogP contribution in [0.1, 0.15) is 0 Å². The van der Waals surface area contributed by atoms with Gasteiger partial charge in [0.25, 0.3) is 0 Å². The van der Waals surface area contributed by atoms with Gasteiger partial charge >= 0.3 is 0 Å². The van der Waals surface area contributed by atoms with Gasteiger partial charge < -0.3 is 15.0 Å². The Morgan fingerprint density at radius 1 is 1.53 bits per heavy atom. The van der Waals surface area contributed by atoms with E-state index in [0.717, 1.165) is 5.69 Å². The number of carbonyl (C=O) groups is 1. The first-order valence-electron chi connectivity index (χ1n) is 5.31. The molecule has 1 fully saturated rings. The Balaban J connectivity index is 2.10. The number of hydrogen-bond acceptors (Lipinski definition) is 3. The molecular weight excluding hydrogens is 291 g/mol. The Bertz CT molecular complexity index is 495. The third-order valence-electron chi connectivity index (χ3n) is 3.04. The van der Waals surface area contributed by atoms with Gasteiger partial charge in [-0.25, -0.2) is 4.39 Å². The summed E-state index contributed by atoms with van der Waals surface area (Å²) in [5, 5.41) is 2.71. The van der Waals surface area contributed by atoms with Gasteiger partial charge in [0.05, 0.1) is 29.1 Å². The van der Waals surface area contributed by atoms with Crippen LogP contribution in [-0.4, -0.2) is 31.7 Å². The number of morpholine rings is 1. The van der Waals surface area contributed by atoms with Crippen LogP contribution < -0.4 is 10.2 Å². The third kappa shape index (κ3) is 1.71. The van der Waals surface area contributed by atoms with Gasteiger partial charge in [0, 0.05) is 12.6 Å². The minimum atomic E-state index is -0.379. The number of hydrogen-bond donors (Lipinski definition) is 1. The van der Waals surface area contributed by atoms with Crippen molar-refractivity contribution in [1.29, 1.82) is 0 Å². The fourth-order valence-corrected chi connectivity index (χ4v) is 2.53. The van der Waals surface area contributed by atoms with Gasteiger partial charge in [-0.15, -0.1) is 0 Å².